The van der Waals surface area contributed by atoms with Gasteiger partial charge in [0, 0.05) is 5.56 Å². The van der Waals surface area contributed by atoms with Crippen LogP contribution in [0, 0.1) is 5.92 Å². The predicted molar refractivity (Wildman–Crippen MR) is 71.9 cm³/mol. The van der Waals surface area contributed by atoms with Gasteiger partial charge < -0.3 is 0 Å². The second-order valence-electron chi connectivity index (χ2n) is 5.14. The molecule has 0 aliphatic heterocycles. The molecule has 0 aromatic heterocycles. The Labute approximate surface area is 108 Å². The van der Waals surface area contributed by atoms with E-state index in [1.165, 1.54) is 31.2 Å². The first-order valence-electron chi connectivity index (χ1n) is 6.40. The van der Waals surface area contributed by atoms with Crippen LogP contribution in [0.25, 0.3) is 0 Å². The first-order valence-corrected chi connectivity index (χ1v) is 6.93. The van der Waals surface area contributed by atoms with Crippen molar-refractivity contribution in [2.24, 2.45) is 5.92 Å². The van der Waals surface area contributed by atoms with Gasteiger partial charge in [0.25, 0.3) is 0 Å². The van der Waals surface area contributed by atoms with Crippen molar-refractivity contribution in [3.8, 4) is 0 Å². The van der Waals surface area contributed by atoms with Gasteiger partial charge in [0.05, 0.1) is 5.88 Å². The fourth-order valence-corrected chi connectivity index (χ4v) is 2.77. The summed E-state index contributed by atoms with van der Waals surface area (Å²) in [5, 5.41) is 0. The van der Waals surface area contributed by atoms with Crippen LogP contribution in [0.4, 0.5) is 0 Å². The molecule has 0 unspecified atom stereocenters. The maximum Gasteiger partial charge on any atom is 0.177 e. The lowest BCUT2D eigenvalue weighted by atomic mass is 9.79. The average Bonchev–Trinajstić information content (AvgIpc) is 2.39. The number of hydrogen-bond acceptors (Lipinski definition) is 1. The molecule has 0 amide bonds. The van der Waals surface area contributed by atoms with Gasteiger partial charge in [-0.2, -0.15) is 0 Å². The summed E-state index contributed by atoms with van der Waals surface area (Å²) in [6, 6.07) is 8.02. The number of Topliss-reactive ketones (excluding diaryl/α,β-unsaturated/α-hetero) is 1. The minimum Gasteiger partial charge on any atom is -0.293 e. The molecule has 0 atom stereocenters. The lowest BCUT2D eigenvalue weighted by Crippen LogP contribution is -2.11. The summed E-state index contributed by atoms with van der Waals surface area (Å²) in [5.74, 6) is 1.64. The van der Waals surface area contributed by atoms with E-state index < -0.39 is 0 Å². The molecule has 1 aromatic carbocycles. The molecule has 1 aliphatic carbocycles. The Morgan fingerprint density at radius 2 is 1.76 bits per heavy atom. The van der Waals surface area contributed by atoms with Crippen LogP contribution >= 0.6 is 11.6 Å². The van der Waals surface area contributed by atoms with Crippen molar-refractivity contribution in [3.05, 3.63) is 35.4 Å². The number of hydrogen-bond donors (Lipinski definition) is 0. The van der Waals surface area contributed by atoms with E-state index in [0.717, 1.165) is 11.5 Å². The van der Waals surface area contributed by atoms with Gasteiger partial charge in [0.1, 0.15) is 0 Å². The van der Waals surface area contributed by atoms with Gasteiger partial charge in [0.2, 0.25) is 0 Å². The normalized spacial score (nSPS) is 24.6. The van der Waals surface area contributed by atoms with Crippen molar-refractivity contribution in [1.82, 2.24) is 0 Å². The Morgan fingerprint density at radius 3 is 2.29 bits per heavy atom. The summed E-state index contributed by atoms with van der Waals surface area (Å²) in [7, 11) is 0. The summed E-state index contributed by atoms with van der Waals surface area (Å²) in [5.41, 5.74) is 2.11. The molecule has 0 heterocycles. The lowest BCUT2D eigenvalue weighted by molar-refractivity contribution is 0.102. The zero-order valence-corrected chi connectivity index (χ0v) is 11.0. The third-order valence-electron chi connectivity index (χ3n) is 3.84. The number of rotatable bonds is 3. The maximum atomic E-state index is 11.4. The molecule has 1 fully saturated rings. The highest BCUT2D eigenvalue weighted by atomic mass is 35.5. The standard InChI is InChI=1S/C15H19ClO/c1-11-2-4-12(5-3-11)13-6-8-14(9-7-13)15(17)10-16/h6-9,11-12H,2-5,10H2,1H3. The number of benzene rings is 1. The second kappa shape index (κ2) is 5.68. The molecule has 2 heteroatoms. The van der Waals surface area contributed by atoms with Crippen LogP contribution in [0.1, 0.15) is 54.4 Å². The van der Waals surface area contributed by atoms with Crippen molar-refractivity contribution in [1.29, 1.82) is 0 Å². The smallest absolute Gasteiger partial charge is 0.177 e. The fraction of sp³-hybridized carbons (Fsp3) is 0.533. The minimum atomic E-state index is 0.00971. The van der Waals surface area contributed by atoms with Gasteiger partial charge in [-0.25, -0.2) is 0 Å². The van der Waals surface area contributed by atoms with Gasteiger partial charge in [0.15, 0.2) is 5.78 Å². The summed E-state index contributed by atoms with van der Waals surface area (Å²) in [6.07, 6.45) is 5.22. The van der Waals surface area contributed by atoms with Crippen LogP contribution in [-0.2, 0) is 0 Å². The Balaban J connectivity index is 2.05. The second-order valence-corrected chi connectivity index (χ2v) is 5.40. The van der Waals surface area contributed by atoms with Crippen LogP contribution < -0.4 is 0 Å². The van der Waals surface area contributed by atoms with Crippen molar-refractivity contribution in [2.75, 3.05) is 5.88 Å². The van der Waals surface area contributed by atoms with E-state index in [-0.39, 0.29) is 11.7 Å². The van der Waals surface area contributed by atoms with Crippen LogP contribution in [0.2, 0.25) is 0 Å². The monoisotopic (exact) mass is 250 g/mol. The van der Waals surface area contributed by atoms with Crippen LogP contribution in [0.5, 0.6) is 0 Å². The minimum absolute atomic E-state index is 0.00971. The van der Waals surface area contributed by atoms with E-state index in [1.54, 1.807) is 0 Å². The molecule has 17 heavy (non-hydrogen) atoms. The quantitative estimate of drug-likeness (QED) is 0.574. The molecule has 0 N–H and O–H groups in total. The Kier molecular flexibility index (Phi) is 4.22. The first-order chi connectivity index (χ1) is 8.20. The van der Waals surface area contributed by atoms with Crippen LogP contribution in [0.3, 0.4) is 0 Å². The van der Waals surface area contributed by atoms with E-state index in [0.29, 0.717) is 5.92 Å². The van der Waals surface area contributed by atoms with E-state index in [2.05, 4.69) is 19.1 Å². The third kappa shape index (κ3) is 3.10. The molecule has 0 spiro atoms. The Morgan fingerprint density at radius 1 is 1.18 bits per heavy atom. The summed E-state index contributed by atoms with van der Waals surface area (Å²) < 4.78 is 0. The Bertz CT molecular complexity index is 374. The highest BCUT2D eigenvalue weighted by molar-refractivity contribution is 6.30. The van der Waals surface area contributed by atoms with Gasteiger partial charge >= 0.3 is 0 Å². The molecule has 0 saturated heterocycles. The fourth-order valence-electron chi connectivity index (χ4n) is 2.61. The molecular weight excluding hydrogens is 232 g/mol. The number of alkyl halides is 1. The molecule has 1 aliphatic rings. The van der Waals surface area contributed by atoms with Crippen molar-refractivity contribution in [3.63, 3.8) is 0 Å². The van der Waals surface area contributed by atoms with Crippen molar-refractivity contribution >= 4 is 17.4 Å². The summed E-state index contributed by atoms with van der Waals surface area (Å²) in [6.45, 7) is 2.33. The average molecular weight is 251 g/mol. The summed E-state index contributed by atoms with van der Waals surface area (Å²) >= 11 is 5.54. The number of halogens is 1. The number of carbonyl (C=O) groups is 1. The zero-order valence-electron chi connectivity index (χ0n) is 10.3. The molecule has 1 saturated carbocycles. The molecule has 0 bridgehead atoms. The maximum absolute atomic E-state index is 11.4. The van der Waals surface area contributed by atoms with Gasteiger partial charge in [-0.3, -0.25) is 4.79 Å². The van der Waals surface area contributed by atoms with Gasteiger partial charge in [-0.05, 0) is 30.2 Å². The highest BCUT2D eigenvalue weighted by Crippen LogP contribution is 2.35. The van der Waals surface area contributed by atoms with Crippen LogP contribution in [-0.4, -0.2) is 11.7 Å². The highest BCUT2D eigenvalue weighted by Gasteiger charge is 2.19. The molecule has 2 rings (SSSR count). The number of ketones is 1. The van der Waals surface area contributed by atoms with E-state index in [9.17, 15) is 4.79 Å². The van der Waals surface area contributed by atoms with E-state index >= 15 is 0 Å². The Hall–Kier alpha value is -0.820. The summed E-state index contributed by atoms with van der Waals surface area (Å²) in [4.78, 5) is 11.4. The van der Waals surface area contributed by atoms with Crippen molar-refractivity contribution in [2.45, 2.75) is 38.5 Å². The SMILES string of the molecule is CC1CCC(c2ccc(C(=O)CCl)cc2)CC1. The molecule has 0 radical (unpaired) electrons. The predicted octanol–water partition coefficient (Wildman–Crippen LogP) is 4.40. The van der Waals surface area contributed by atoms with Gasteiger partial charge in [-0.1, -0.05) is 44.0 Å². The molecule has 1 aromatic rings. The van der Waals surface area contributed by atoms with Crippen molar-refractivity contribution < 1.29 is 4.79 Å². The van der Waals surface area contributed by atoms with E-state index in [4.69, 9.17) is 11.6 Å². The third-order valence-corrected chi connectivity index (χ3v) is 4.08. The van der Waals surface area contributed by atoms with Gasteiger partial charge in [-0.15, -0.1) is 11.6 Å². The topological polar surface area (TPSA) is 17.1 Å². The lowest BCUT2D eigenvalue weighted by Gasteiger charge is -2.26. The molecular formula is C15H19ClO. The first kappa shape index (κ1) is 12.6. The number of carbonyl (C=O) groups excluding carboxylic acids is 1. The van der Waals surface area contributed by atoms with Crippen LogP contribution in [0.15, 0.2) is 24.3 Å². The largest absolute Gasteiger partial charge is 0.293 e. The zero-order chi connectivity index (χ0) is 12.3. The molecule has 1 nitrogen and oxygen atoms in total. The van der Waals surface area contributed by atoms with E-state index in [1.807, 2.05) is 12.1 Å². The molecule has 92 valence electrons.